The van der Waals surface area contributed by atoms with Crippen LogP contribution in [0.5, 0.6) is 5.75 Å². The van der Waals surface area contributed by atoms with E-state index in [0.717, 1.165) is 5.56 Å². The van der Waals surface area contributed by atoms with Crippen LogP contribution >= 0.6 is 0 Å². The molecule has 9 heteroatoms. The van der Waals surface area contributed by atoms with Gasteiger partial charge in [-0.1, -0.05) is 24.3 Å². The summed E-state index contributed by atoms with van der Waals surface area (Å²) >= 11 is 0. The van der Waals surface area contributed by atoms with E-state index in [4.69, 9.17) is 4.74 Å². The summed E-state index contributed by atoms with van der Waals surface area (Å²) < 4.78 is 7.02. The number of rotatable bonds is 5. The van der Waals surface area contributed by atoms with Crippen LogP contribution in [-0.2, 0) is 9.59 Å². The van der Waals surface area contributed by atoms with Crippen LogP contribution in [0.4, 0.5) is 17.3 Å². The number of hydrogen-bond acceptors (Lipinski definition) is 6. The quantitative estimate of drug-likeness (QED) is 0.587. The van der Waals surface area contributed by atoms with Crippen LogP contribution in [-0.4, -0.2) is 33.7 Å². The van der Waals surface area contributed by atoms with Gasteiger partial charge in [-0.15, -0.1) is 0 Å². The van der Waals surface area contributed by atoms with E-state index in [9.17, 15) is 9.59 Å². The minimum atomic E-state index is -0.500. The lowest BCUT2D eigenvalue weighted by atomic mass is 9.94. The Kier molecular flexibility index (Phi) is 5.40. The van der Waals surface area contributed by atoms with Crippen molar-refractivity contribution in [3.8, 4) is 5.75 Å². The lowest BCUT2D eigenvalue weighted by molar-refractivity contribution is -0.114. The predicted octanol–water partition coefficient (Wildman–Crippen LogP) is 3.17. The summed E-state index contributed by atoms with van der Waals surface area (Å²) in [6.07, 6.45) is 1.44. The monoisotopic (exact) mass is 418 g/mol. The molecular formula is C22H22N6O3. The van der Waals surface area contributed by atoms with E-state index in [1.165, 1.54) is 13.3 Å². The van der Waals surface area contributed by atoms with Crippen molar-refractivity contribution in [1.29, 1.82) is 0 Å². The normalized spacial score (nSPS) is 15.0. The number of nitrogens with zero attached hydrogens (tertiary/aromatic N) is 3. The Bertz CT molecular complexity index is 1170. The fourth-order valence-corrected chi connectivity index (χ4v) is 3.58. The lowest BCUT2D eigenvalue weighted by Crippen LogP contribution is -2.31. The molecule has 9 nitrogen and oxygen atoms in total. The molecule has 3 N–H and O–H groups in total. The summed E-state index contributed by atoms with van der Waals surface area (Å²) in [6, 6.07) is 14.0. The van der Waals surface area contributed by atoms with E-state index in [1.54, 1.807) is 36.1 Å². The number of hydrogen-bond donors (Lipinski definition) is 3. The molecule has 1 aliphatic rings. The molecule has 0 unspecified atom stereocenters. The van der Waals surface area contributed by atoms with Gasteiger partial charge in [0.05, 0.1) is 18.4 Å². The fraction of sp³-hybridized carbons (Fsp3) is 0.182. The van der Waals surface area contributed by atoms with Gasteiger partial charge >= 0.3 is 0 Å². The first-order valence-corrected chi connectivity index (χ1v) is 9.67. The van der Waals surface area contributed by atoms with Crippen LogP contribution in [0.15, 0.2) is 66.1 Å². The summed E-state index contributed by atoms with van der Waals surface area (Å²) in [5.74, 6) is 0.671. The topological polar surface area (TPSA) is 110 Å². The van der Waals surface area contributed by atoms with Gasteiger partial charge in [0.25, 0.3) is 5.91 Å². The summed E-state index contributed by atoms with van der Waals surface area (Å²) in [4.78, 5) is 29.0. The summed E-state index contributed by atoms with van der Waals surface area (Å²) in [7, 11) is 1.55. The molecule has 31 heavy (non-hydrogen) atoms. The molecule has 0 fully saturated rings. The van der Waals surface area contributed by atoms with Crippen molar-refractivity contribution >= 4 is 29.1 Å². The highest BCUT2D eigenvalue weighted by molar-refractivity contribution is 6.06. The Labute approximate surface area is 179 Å². The summed E-state index contributed by atoms with van der Waals surface area (Å²) in [5.41, 5.74) is 3.23. The molecule has 2 amide bonds. The number of nitrogens with one attached hydrogen (secondary N) is 3. The number of aromatic nitrogens is 3. The highest BCUT2D eigenvalue weighted by Crippen LogP contribution is 2.36. The number of allylic oxidation sites excluding steroid dienone is 1. The van der Waals surface area contributed by atoms with Crippen LogP contribution < -0.4 is 20.7 Å². The lowest BCUT2D eigenvalue weighted by Gasteiger charge is -2.29. The Morgan fingerprint density at radius 1 is 1.10 bits per heavy atom. The molecule has 0 saturated carbocycles. The number of amides is 2. The maximum Gasteiger partial charge on any atom is 0.255 e. The van der Waals surface area contributed by atoms with Crippen molar-refractivity contribution in [2.45, 2.75) is 19.9 Å². The maximum absolute atomic E-state index is 13.4. The van der Waals surface area contributed by atoms with Crippen molar-refractivity contribution in [2.75, 3.05) is 23.1 Å². The molecule has 0 radical (unpaired) electrons. The van der Waals surface area contributed by atoms with Gasteiger partial charge in [0.15, 0.2) is 0 Å². The molecule has 0 aliphatic carbocycles. The molecule has 0 bridgehead atoms. The average Bonchev–Trinajstić information content (AvgIpc) is 3.21. The molecule has 0 spiro atoms. The van der Waals surface area contributed by atoms with E-state index in [1.807, 2.05) is 31.2 Å². The Morgan fingerprint density at radius 2 is 1.84 bits per heavy atom. The summed E-state index contributed by atoms with van der Waals surface area (Å²) in [5, 5.41) is 13.2. The van der Waals surface area contributed by atoms with Crippen LogP contribution in [0.2, 0.25) is 0 Å². The number of benzene rings is 2. The number of para-hydroxylation sites is 2. The zero-order valence-corrected chi connectivity index (χ0v) is 17.3. The van der Waals surface area contributed by atoms with Crippen LogP contribution in [0.1, 0.15) is 25.5 Å². The van der Waals surface area contributed by atoms with E-state index in [-0.39, 0.29) is 11.8 Å². The average molecular weight is 418 g/mol. The van der Waals surface area contributed by atoms with Crippen molar-refractivity contribution in [3.05, 3.63) is 71.7 Å². The van der Waals surface area contributed by atoms with Gasteiger partial charge in [0.2, 0.25) is 11.9 Å². The number of ether oxygens (including phenoxy) is 1. The van der Waals surface area contributed by atoms with Crippen LogP contribution in [0.3, 0.4) is 0 Å². The first kappa shape index (κ1) is 20.1. The van der Waals surface area contributed by atoms with Gasteiger partial charge in [0, 0.05) is 18.3 Å². The number of anilines is 3. The molecule has 0 saturated heterocycles. The molecule has 2 aromatic carbocycles. The first-order chi connectivity index (χ1) is 15.0. The molecule has 1 aromatic heterocycles. The molecule has 2 heterocycles. The van der Waals surface area contributed by atoms with Crippen LogP contribution in [0.25, 0.3) is 0 Å². The second-order valence-corrected chi connectivity index (χ2v) is 7.05. The number of carbonyl (C=O) groups excluding carboxylic acids is 2. The van der Waals surface area contributed by atoms with Crippen LogP contribution in [0, 0.1) is 0 Å². The standard InChI is InChI=1S/C22H22N6O3/c1-13-19(21(30)27-17-6-4-5-7-18(17)31-3)20(28-22(25-13)23-12-24-28)15-8-10-16(11-9-15)26-14(2)29/h4-12,20H,1-3H3,(H,26,29)(H,27,30)(H,23,24,25)/t20-/m0/s1. The summed E-state index contributed by atoms with van der Waals surface area (Å²) in [6.45, 7) is 3.28. The van der Waals surface area contributed by atoms with Gasteiger partial charge in [-0.3, -0.25) is 9.59 Å². The number of carbonyl (C=O) groups is 2. The zero-order valence-electron chi connectivity index (χ0n) is 17.3. The van der Waals surface area contributed by atoms with Crippen molar-refractivity contribution in [3.63, 3.8) is 0 Å². The van der Waals surface area contributed by atoms with E-state index < -0.39 is 6.04 Å². The minimum Gasteiger partial charge on any atom is -0.495 e. The van der Waals surface area contributed by atoms with E-state index in [2.05, 4.69) is 26.0 Å². The van der Waals surface area contributed by atoms with Gasteiger partial charge < -0.3 is 20.7 Å². The van der Waals surface area contributed by atoms with E-state index >= 15 is 0 Å². The predicted molar refractivity (Wildman–Crippen MR) is 117 cm³/mol. The largest absolute Gasteiger partial charge is 0.495 e. The molecule has 3 aromatic rings. The SMILES string of the molecule is COc1ccccc1NC(=O)C1=C(C)Nc2ncnn2[C@H]1c1ccc(NC(C)=O)cc1. The van der Waals surface area contributed by atoms with Gasteiger partial charge in [-0.05, 0) is 36.8 Å². The molecule has 158 valence electrons. The molecule has 1 aliphatic heterocycles. The molecular weight excluding hydrogens is 396 g/mol. The zero-order chi connectivity index (χ0) is 22.0. The Hall–Kier alpha value is -4.14. The van der Waals surface area contributed by atoms with Gasteiger partial charge in [0.1, 0.15) is 18.1 Å². The smallest absolute Gasteiger partial charge is 0.255 e. The van der Waals surface area contributed by atoms with Crippen molar-refractivity contribution in [1.82, 2.24) is 14.8 Å². The second-order valence-electron chi connectivity index (χ2n) is 7.05. The van der Waals surface area contributed by atoms with Crippen molar-refractivity contribution < 1.29 is 14.3 Å². The van der Waals surface area contributed by atoms with E-state index in [0.29, 0.717) is 34.3 Å². The second kappa shape index (κ2) is 8.31. The maximum atomic E-state index is 13.4. The number of fused-ring (bicyclic) bond motifs is 1. The van der Waals surface area contributed by atoms with Gasteiger partial charge in [-0.25, -0.2) is 4.68 Å². The van der Waals surface area contributed by atoms with Crippen molar-refractivity contribution in [2.24, 2.45) is 0 Å². The van der Waals surface area contributed by atoms with Gasteiger partial charge in [-0.2, -0.15) is 10.1 Å². The molecule has 4 rings (SSSR count). The minimum absolute atomic E-state index is 0.152. The fourth-order valence-electron chi connectivity index (χ4n) is 3.58. The Balaban J connectivity index is 1.72. The third-order valence-corrected chi connectivity index (χ3v) is 4.94. The first-order valence-electron chi connectivity index (χ1n) is 9.67. The highest BCUT2D eigenvalue weighted by atomic mass is 16.5. The third kappa shape index (κ3) is 3.97. The highest BCUT2D eigenvalue weighted by Gasteiger charge is 2.33. The molecule has 1 atom stereocenters. The number of methoxy groups -OCH3 is 1. The third-order valence-electron chi connectivity index (χ3n) is 4.94. The Morgan fingerprint density at radius 3 is 2.55 bits per heavy atom.